The van der Waals surface area contributed by atoms with Crippen LogP contribution in [0.1, 0.15) is 5.56 Å². The van der Waals surface area contributed by atoms with Crippen LogP contribution in [0.25, 0.3) is 11.3 Å². The Hall–Kier alpha value is -1.91. The Morgan fingerprint density at radius 3 is 2.75 bits per heavy atom. The van der Waals surface area contributed by atoms with Crippen LogP contribution < -0.4 is 0 Å². The molecule has 4 heteroatoms. The van der Waals surface area contributed by atoms with E-state index in [-0.39, 0.29) is 6.61 Å². The minimum atomic E-state index is 0.148. The fraction of sp³-hybridized carbons (Fsp3) is 0.312. The van der Waals surface area contributed by atoms with Gasteiger partial charge in [0.05, 0.1) is 12.3 Å². The Labute approximate surface area is 120 Å². The van der Waals surface area contributed by atoms with Crippen molar-refractivity contribution in [3.8, 4) is 11.3 Å². The van der Waals surface area contributed by atoms with Crippen molar-refractivity contribution in [1.82, 2.24) is 14.7 Å². The van der Waals surface area contributed by atoms with Crippen molar-refractivity contribution in [3.05, 3.63) is 54.7 Å². The zero-order chi connectivity index (χ0) is 14.4. The average molecular weight is 271 g/mol. The third kappa shape index (κ3) is 3.56. The SMILES string of the molecule is C=CCN(CCO)Cc1cn(C)nc1-c1ccccc1. The fourth-order valence-corrected chi connectivity index (χ4v) is 2.29. The molecule has 1 aromatic carbocycles. The molecule has 0 aliphatic heterocycles. The summed E-state index contributed by atoms with van der Waals surface area (Å²) in [6, 6.07) is 10.2. The molecule has 0 fully saturated rings. The van der Waals surface area contributed by atoms with Gasteiger partial charge in [0.25, 0.3) is 0 Å². The maximum Gasteiger partial charge on any atom is 0.0968 e. The topological polar surface area (TPSA) is 41.3 Å². The molecular formula is C16H21N3O. The minimum Gasteiger partial charge on any atom is -0.395 e. The Kier molecular flexibility index (Phi) is 5.09. The first kappa shape index (κ1) is 14.5. The molecule has 0 spiro atoms. The first-order valence-electron chi connectivity index (χ1n) is 6.76. The largest absolute Gasteiger partial charge is 0.395 e. The van der Waals surface area contributed by atoms with Crippen LogP contribution in [-0.2, 0) is 13.6 Å². The van der Waals surface area contributed by atoms with Crippen LogP contribution in [0, 0.1) is 0 Å². The normalized spacial score (nSPS) is 10.9. The zero-order valence-corrected chi connectivity index (χ0v) is 11.9. The molecule has 1 aromatic heterocycles. The van der Waals surface area contributed by atoms with E-state index in [1.54, 1.807) is 0 Å². The third-order valence-corrected chi connectivity index (χ3v) is 3.15. The first-order valence-corrected chi connectivity index (χ1v) is 6.76. The number of hydrogen-bond acceptors (Lipinski definition) is 3. The number of aromatic nitrogens is 2. The van der Waals surface area contributed by atoms with Crippen molar-refractivity contribution >= 4 is 0 Å². The highest BCUT2D eigenvalue weighted by atomic mass is 16.3. The highest BCUT2D eigenvalue weighted by Crippen LogP contribution is 2.22. The minimum absolute atomic E-state index is 0.148. The number of hydrogen-bond donors (Lipinski definition) is 1. The molecule has 0 unspecified atom stereocenters. The van der Waals surface area contributed by atoms with Crippen LogP contribution in [0.15, 0.2) is 49.2 Å². The van der Waals surface area contributed by atoms with E-state index in [4.69, 9.17) is 5.11 Å². The molecule has 4 nitrogen and oxygen atoms in total. The van der Waals surface area contributed by atoms with Gasteiger partial charge in [-0.25, -0.2) is 0 Å². The van der Waals surface area contributed by atoms with E-state index < -0.39 is 0 Å². The van der Waals surface area contributed by atoms with Crippen LogP contribution in [0.2, 0.25) is 0 Å². The summed E-state index contributed by atoms with van der Waals surface area (Å²) in [6.45, 7) is 6.06. The van der Waals surface area contributed by atoms with E-state index in [9.17, 15) is 0 Å². The number of aryl methyl sites for hydroxylation is 1. The number of benzene rings is 1. The summed E-state index contributed by atoms with van der Waals surface area (Å²) >= 11 is 0. The molecule has 0 atom stereocenters. The van der Waals surface area contributed by atoms with Gasteiger partial charge in [-0.15, -0.1) is 6.58 Å². The van der Waals surface area contributed by atoms with E-state index in [0.717, 1.165) is 29.9 Å². The lowest BCUT2D eigenvalue weighted by atomic mass is 10.1. The number of rotatable bonds is 7. The summed E-state index contributed by atoms with van der Waals surface area (Å²) in [7, 11) is 1.93. The second-order valence-corrected chi connectivity index (χ2v) is 4.79. The Balaban J connectivity index is 2.25. The van der Waals surface area contributed by atoms with E-state index in [1.165, 1.54) is 0 Å². The van der Waals surface area contributed by atoms with Gasteiger partial charge in [0.1, 0.15) is 0 Å². The summed E-state index contributed by atoms with van der Waals surface area (Å²) in [5.41, 5.74) is 3.28. The van der Waals surface area contributed by atoms with Gasteiger partial charge in [0.2, 0.25) is 0 Å². The summed E-state index contributed by atoms with van der Waals surface area (Å²) < 4.78 is 1.84. The van der Waals surface area contributed by atoms with Crippen molar-refractivity contribution in [2.45, 2.75) is 6.54 Å². The second kappa shape index (κ2) is 7.03. The van der Waals surface area contributed by atoms with Gasteiger partial charge in [-0.3, -0.25) is 9.58 Å². The van der Waals surface area contributed by atoms with Gasteiger partial charge >= 0.3 is 0 Å². The molecule has 2 rings (SSSR count). The van der Waals surface area contributed by atoms with Gasteiger partial charge in [0, 0.05) is 44.0 Å². The molecule has 2 aromatic rings. The van der Waals surface area contributed by atoms with Crippen molar-refractivity contribution in [2.24, 2.45) is 7.05 Å². The third-order valence-electron chi connectivity index (χ3n) is 3.15. The molecule has 0 aliphatic rings. The van der Waals surface area contributed by atoms with Gasteiger partial charge in [-0.1, -0.05) is 36.4 Å². The monoisotopic (exact) mass is 271 g/mol. The molecule has 20 heavy (non-hydrogen) atoms. The Morgan fingerprint density at radius 2 is 2.10 bits per heavy atom. The molecule has 0 bridgehead atoms. The molecule has 0 radical (unpaired) electrons. The van der Waals surface area contributed by atoms with Gasteiger partial charge in [0.15, 0.2) is 0 Å². The van der Waals surface area contributed by atoms with Gasteiger partial charge < -0.3 is 5.11 Å². The predicted molar refractivity (Wildman–Crippen MR) is 81.2 cm³/mol. The Bertz CT molecular complexity index is 548. The maximum absolute atomic E-state index is 9.14. The van der Waals surface area contributed by atoms with Crippen LogP contribution in [0.3, 0.4) is 0 Å². The molecular weight excluding hydrogens is 250 g/mol. The molecule has 0 saturated heterocycles. The maximum atomic E-state index is 9.14. The van der Waals surface area contributed by atoms with E-state index in [2.05, 4.69) is 28.7 Å². The van der Waals surface area contributed by atoms with Gasteiger partial charge in [-0.05, 0) is 0 Å². The van der Waals surface area contributed by atoms with Gasteiger partial charge in [-0.2, -0.15) is 5.10 Å². The summed E-state index contributed by atoms with van der Waals surface area (Å²) in [5, 5.41) is 13.7. The second-order valence-electron chi connectivity index (χ2n) is 4.79. The van der Waals surface area contributed by atoms with Crippen LogP contribution in [-0.4, -0.2) is 39.5 Å². The van der Waals surface area contributed by atoms with E-state index >= 15 is 0 Å². The van der Waals surface area contributed by atoms with E-state index in [0.29, 0.717) is 6.54 Å². The van der Waals surface area contributed by atoms with Crippen molar-refractivity contribution < 1.29 is 5.11 Å². The number of aliphatic hydroxyl groups is 1. The lowest BCUT2D eigenvalue weighted by Gasteiger charge is -2.19. The molecule has 0 amide bonds. The molecule has 106 valence electrons. The molecule has 1 heterocycles. The Morgan fingerprint density at radius 1 is 1.35 bits per heavy atom. The molecule has 0 aliphatic carbocycles. The van der Waals surface area contributed by atoms with Crippen molar-refractivity contribution in [3.63, 3.8) is 0 Å². The van der Waals surface area contributed by atoms with Crippen molar-refractivity contribution in [2.75, 3.05) is 19.7 Å². The van der Waals surface area contributed by atoms with Crippen LogP contribution in [0.5, 0.6) is 0 Å². The number of aliphatic hydroxyl groups excluding tert-OH is 1. The summed E-state index contributed by atoms with van der Waals surface area (Å²) in [6.07, 6.45) is 3.89. The van der Waals surface area contributed by atoms with Crippen molar-refractivity contribution in [1.29, 1.82) is 0 Å². The molecule has 1 N–H and O–H groups in total. The predicted octanol–water partition coefficient (Wildman–Crippen LogP) is 2.07. The quantitative estimate of drug-likeness (QED) is 0.784. The highest BCUT2D eigenvalue weighted by molar-refractivity contribution is 5.62. The zero-order valence-electron chi connectivity index (χ0n) is 11.9. The fourth-order valence-electron chi connectivity index (χ4n) is 2.29. The molecule has 0 saturated carbocycles. The lowest BCUT2D eigenvalue weighted by molar-refractivity contribution is 0.203. The highest BCUT2D eigenvalue weighted by Gasteiger charge is 2.13. The standard InChI is InChI=1S/C16H21N3O/c1-3-9-19(10-11-20)13-15-12-18(2)17-16(15)14-7-5-4-6-8-14/h3-8,12,20H,1,9-11,13H2,2H3. The average Bonchev–Trinajstić information content (AvgIpc) is 2.81. The van der Waals surface area contributed by atoms with E-state index in [1.807, 2.05) is 42.2 Å². The smallest absolute Gasteiger partial charge is 0.0968 e. The lowest BCUT2D eigenvalue weighted by Crippen LogP contribution is -2.26. The first-order chi connectivity index (χ1) is 9.74. The number of nitrogens with zero attached hydrogens (tertiary/aromatic N) is 3. The summed E-state index contributed by atoms with van der Waals surface area (Å²) in [4.78, 5) is 2.15. The van der Waals surface area contributed by atoms with Crippen LogP contribution in [0.4, 0.5) is 0 Å². The van der Waals surface area contributed by atoms with Crippen LogP contribution >= 0.6 is 0 Å². The summed E-state index contributed by atoms with van der Waals surface area (Å²) in [5.74, 6) is 0.